The number of rotatable bonds is 3. The highest BCUT2D eigenvalue weighted by atomic mass is 15.2. The molecule has 0 saturated carbocycles. The van der Waals surface area contributed by atoms with Crippen LogP contribution >= 0.6 is 0 Å². The zero-order valence-corrected chi connectivity index (χ0v) is 13.6. The first-order valence-corrected chi connectivity index (χ1v) is 8.87. The second kappa shape index (κ2) is 5.90. The van der Waals surface area contributed by atoms with Gasteiger partial charge < -0.3 is 11.5 Å². The molecule has 23 heavy (non-hydrogen) atoms. The van der Waals surface area contributed by atoms with E-state index in [1.807, 2.05) is 6.08 Å². The third-order valence-corrected chi connectivity index (χ3v) is 6.19. The van der Waals surface area contributed by atoms with Gasteiger partial charge in [0.2, 0.25) is 0 Å². The molecule has 1 aromatic rings. The van der Waals surface area contributed by atoms with Crippen molar-refractivity contribution in [1.29, 1.82) is 0 Å². The number of nitrogens with two attached hydrogens (primary N) is 2. The molecule has 3 heteroatoms. The van der Waals surface area contributed by atoms with E-state index in [0.717, 1.165) is 6.54 Å². The van der Waals surface area contributed by atoms with Gasteiger partial charge in [0, 0.05) is 24.7 Å². The summed E-state index contributed by atoms with van der Waals surface area (Å²) in [7, 11) is 0. The predicted octanol–water partition coefficient (Wildman–Crippen LogP) is 2.58. The lowest BCUT2D eigenvalue weighted by atomic mass is 9.70. The summed E-state index contributed by atoms with van der Waals surface area (Å²) in [5, 5.41) is 0. The Hall–Kier alpha value is -1.42. The summed E-state index contributed by atoms with van der Waals surface area (Å²) in [6.45, 7) is 1.07. The van der Waals surface area contributed by atoms with Crippen LogP contribution in [-0.2, 0) is 6.54 Å². The van der Waals surface area contributed by atoms with Crippen LogP contribution in [0, 0.1) is 5.92 Å². The van der Waals surface area contributed by atoms with E-state index in [9.17, 15) is 0 Å². The minimum atomic E-state index is -0.367. The highest BCUT2D eigenvalue weighted by Crippen LogP contribution is 2.44. The maximum Gasteiger partial charge on any atom is 0.0562 e. The third kappa shape index (κ3) is 2.67. The molecule has 4 N–H and O–H groups in total. The van der Waals surface area contributed by atoms with Gasteiger partial charge in [-0.05, 0) is 37.2 Å². The number of nitrogens with zero attached hydrogens (tertiary/aromatic N) is 1. The molecule has 1 aromatic carbocycles. The Kier molecular flexibility index (Phi) is 3.88. The Morgan fingerprint density at radius 3 is 2.39 bits per heavy atom. The zero-order valence-electron chi connectivity index (χ0n) is 13.6. The van der Waals surface area contributed by atoms with Crippen LogP contribution in [0.4, 0.5) is 0 Å². The second-order valence-corrected chi connectivity index (χ2v) is 7.48. The lowest BCUT2D eigenvalue weighted by Gasteiger charge is -2.47. The number of hydrogen-bond acceptors (Lipinski definition) is 3. The van der Waals surface area contributed by atoms with E-state index in [4.69, 9.17) is 11.5 Å². The van der Waals surface area contributed by atoms with Gasteiger partial charge in [-0.15, -0.1) is 0 Å². The van der Waals surface area contributed by atoms with Crippen molar-refractivity contribution in [2.24, 2.45) is 17.4 Å². The lowest BCUT2D eigenvalue weighted by Crippen LogP contribution is -2.62. The van der Waals surface area contributed by atoms with Crippen molar-refractivity contribution in [1.82, 2.24) is 4.90 Å². The van der Waals surface area contributed by atoms with E-state index < -0.39 is 0 Å². The Morgan fingerprint density at radius 2 is 1.74 bits per heavy atom. The molecule has 4 rings (SSSR count). The third-order valence-electron chi connectivity index (χ3n) is 6.19. The van der Waals surface area contributed by atoms with Crippen LogP contribution in [0.3, 0.4) is 0 Å². The standard InChI is InChI=1S/C20H27N3/c21-19-8-4-5-11-20(19,22)16-12-17-9-10-18(13-16)23(17)14-15-6-2-1-3-7-15/h1-8,11,16-19H,9-10,12-14,21-22H2. The molecule has 3 nitrogen and oxygen atoms in total. The lowest BCUT2D eigenvalue weighted by molar-refractivity contribution is 0.0692. The van der Waals surface area contributed by atoms with Crippen molar-refractivity contribution in [2.45, 2.75) is 55.9 Å². The Morgan fingerprint density at radius 1 is 1.04 bits per heavy atom. The van der Waals surface area contributed by atoms with Gasteiger partial charge in [0.15, 0.2) is 0 Å². The average molecular weight is 309 g/mol. The summed E-state index contributed by atoms with van der Waals surface area (Å²) < 4.78 is 0. The van der Waals surface area contributed by atoms with Crippen LogP contribution in [0.15, 0.2) is 54.6 Å². The maximum absolute atomic E-state index is 6.75. The van der Waals surface area contributed by atoms with Crippen molar-refractivity contribution >= 4 is 0 Å². The molecule has 0 radical (unpaired) electrons. The molecule has 0 amide bonds. The largest absolute Gasteiger partial charge is 0.323 e. The first kappa shape index (κ1) is 15.1. The van der Waals surface area contributed by atoms with Gasteiger partial charge in [0.25, 0.3) is 0 Å². The fourth-order valence-corrected chi connectivity index (χ4v) is 4.83. The van der Waals surface area contributed by atoms with Crippen molar-refractivity contribution < 1.29 is 0 Å². The molecule has 1 aliphatic carbocycles. The van der Waals surface area contributed by atoms with Crippen LogP contribution in [0.5, 0.6) is 0 Å². The van der Waals surface area contributed by atoms with Crippen molar-refractivity contribution in [3.63, 3.8) is 0 Å². The van der Waals surface area contributed by atoms with E-state index in [2.05, 4.69) is 53.5 Å². The van der Waals surface area contributed by atoms with Crippen LogP contribution in [0.2, 0.25) is 0 Å². The van der Waals surface area contributed by atoms with Gasteiger partial charge in [0.05, 0.1) is 5.54 Å². The number of piperidine rings is 1. The summed E-state index contributed by atoms with van der Waals surface area (Å²) in [5.74, 6) is 0.489. The molecule has 2 heterocycles. The molecular formula is C20H27N3. The number of fused-ring (bicyclic) bond motifs is 2. The fourth-order valence-electron chi connectivity index (χ4n) is 4.83. The minimum Gasteiger partial charge on any atom is -0.323 e. The van der Waals surface area contributed by atoms with Crippen LogP contribution in [0.1, 0.15) is 31.2 Å². The predicted molar refractivity (Wildman–Crippen MR) is 94.7 cm³/mol. The number of benzene rings is 1. The first-order chi connectivity index (χ1) is 11.2. The molecule has 2 aliphatic heterocycles. The quantitative estimate of drug-likeness (QED) is 0.902. The monoisotopic (exact) mass is 309 g/mol. The molecule has 4 atom stereocenters. The minimum absolute atomic E-state index is 0.0578. The average Bonchev–Trinajstić information content (AvgIpc) is 2.80. The molecule has 4 unspecified atom stereocenters. The Bertz CT molecular complexity index is 595. The van der Waals surface area contributed by atoms with Gasteiger partial charge in [-0.3, -0.25) is 4.90 Å². The van der Waals surface area contributed by atoms with Gasteiger partial charge in [-0.25, -0.2) is 0 Å². The SMILES string of the molecule is NC1C=CC=CC1(N)C1CC2CCC(C1)N2Cc1ccccc1. The Labute approximate surface area is 139 Å². The summed E-state index contributed by atoms with van der Waals surface area (Å²) in [6, 6.07) is 12.1. The maximum atomic E-state index is 6.75. The highest BCUT2D eigenvalue weighted by Gasteiger charge is 2.48. The zero-order chi connectivity index (χ0) is 15.9. The summed E-state index contributed by atoms with van der Waals surface area (Å²) >= 11 is 0. The van der Waals surface area contributed by atoms with E-state index in [1.54, 1.807) is 0 Å². The normalized spacial score (nSPS) is 39.7. The van der Waals surface area contributed by atoms with Crippen LogP contribution in [0.25, 0.3) is 0 Å². The molecule has 122 valence electrons. The van der Waals surface area contributed by atoms with Crippen LogP contribution < -0.4 is 11.5 Å². The number of allylic oxidation sites excluding steroid dienone is 2. The second-order valence-electron chi connectivity index (χ2n) is 7.48. The summed E-state index contributed by atoms with van der Waals surface area (Å²) in [5.41, 5.74) is 14.1. The molecule has 2 fully saturated rings. The molecule has 3 aliphatic rings. The fraction of sp³-hybridized carbons (Fsp3) is 0.500. The molecular weight excluding hydrogens is 282 g/mol. The van der Waals surface area contributed by atoms with Crippen molar-refractivity contribution in [3.8, 4) is 0 Å². The smallest absolute Gasteiger partial charge is 0.0562 e. The van der Waals surface area contributed by atoms with E-state index in [1.165, 1.54) is 31.2 Å². The first-order valence-electron chi connectivity index (χ1n) is 8.87. The molecule has 2 bridgehead atoms. The molecule has 0 aromatic heterocycles. The van der Waals surface area contributed by atoms with E-state index in [0.29, 0.717) is 18.0 Å². The van der Waals surface area contributed by atoms with Crippen LogP contribution in [-0.4, -0.2) is 28.6 Å². The molecule has 2 saturated heterocycles. The molecule has 0 spiro atoms. The highest BCUT2D eigenvalue weighted by molar-refractivity contribution is 5.28. The van der Waals surface area contributed by atoms with Crippen molar-refractivity contribution in [2.75, 3.05) is 0 Å². The topological polar surface area (TPSA) is 55.3 Å². The summed E-state index contributed by atoms with van der Waals surface area (Å²) in [4.78, 5) is 2.71. The van der Waals surface area contributed by atoms with E-state index >= 15 is 0 Å². The summed E-state index contributed by atoms with van der Waals surface area (Å²) in [6.07, 6.45) is 13.2. The Balaban J connectivity index is 1.50. The van der Waals surface area contributed by atoms with Gasteiger partial charge in [0.1, 0.15) is 0 Å². The van der Waals surface area contributed by atoms with Gasteiger partial charge in [-0.2, -0.15) is 0 Å². The number of hydrogen-bond donors (Lipinski definition) is 2. The van der Waals surface area contributed by atoms with Gasteiger partial charge >= 0.3 is 0 Å². The van der Waals surface area contributed by atoms with Crippen molar-refractivity contribution in [3.05, 3.63) is 60.2 Å². The van der Waals surface area contributed by atoms with E-state index in [-0.39, 0.29) is 11.6 Å². The van der Waals surface area contributed by atoms with Gasteiger partial charge in [-0.1, -0.05) is 54.6 Å².